The molecule has 5 nitrogen and oxygen atoms in total. The van der Waals surface area contributed by atoms with Crippen molar-refractivity contribution in [3.05, 3.63) is 23.9 Å². The largest absolute Gasteiger partial charge is 0.357 e. The fourth-order valence-corrected chi connectivity index (χ4v) is 3.24. The van der Waals surface area contributed by atoms with Gasteiger partial charge in [-0.05, 0) is 37.8 Å². The lowest BCUT2D eigenvalue weighted by Gasteiger charge is -2.21. The van der Waals surface area contributed by atoms with Gasteiger partial charge in [-0.2, -0.15) is 0 Å². The van der Waals surface area contributed by atoms with Crippen LogP contribution in [-0.2, 0) is 6.54 Å². The fraction of sp³-hybridized carbons (Fsp3) is 0.700. The Morgan fingerprint density at radius 2 is 1.96 bits per heavy atom. The van der Waals surface area contributed by atoms with E-state index in [0.717, 1.165) is 30.9 Å². The van der Waals surface area contributed by atoms with E-state index in [1.54, 1.807) is 0 Å². The maximum Gasteiger partial charge on any atom is 0.315 e. The van der Waals surface area contributed by atoms with Crippen LogP contribution in [0, 0.1) is 0 Å². The number of anilines is 1. The quantitative estimate of drug-likeness (QED) is 0.693. The Hall–Kier alpha value is -1.78. The average Bonchev–Trinajstić information content (AvgIpc) is 2.90. The molecule has 0 saturated carbocycles. The van der Waals surface area contributed by atoms with Gasteiger partial charge in [0.2, 0.25) is 0 Å². The summed E-state index contributed by atoms with van der Waals surface area (Å²) in [6, 6.07) is 4.27. The molecule has 0 aromatic carbocycles. The highest BCUT2D eigenvalue weighted by atomic mass is 16.2. The van der Waals surface area contributed by atoms with Gasteiger partial charge in [0.1, 0.15) is 5.82 Å². The van der Waals surface area contributed by atoms with E-state index < -0.39 is 0 Å². The second kappa shape index (κ2) is 11.0. The van der Waals surface area contributed by atoms with E-state index >= 15 is 0 Å². The Morgan fingerprint density at radius 3 is 2.60 bits per heavy atom. The molecular weight excluding hydrogens is 312 g/mol. The minimum absolute atomic E-state index is 0.0967. The van der Waals surface area contributed by atoms with Gasteiger partial charge in [0.25, 0.3) is 0 Å². The molecule has 2 amide bonds. The number of amides is 2. The number of nitrogens with zero attached hydrogens (tertiary/aromatic N) is 2. The first-order valence-electron chi connectivity index (χ1n) is 9.93. The summed E-state index contributed by atoms with van der Waals surface area (Å²) in [6.45, 7) is 6.97. The van der Waals surface area contributed by atoms with E-state index in [2.05, 4.69) is 46.5 Å². The third-order valence-electron chi connectivity index (χ3n) is 4.81. The number of urea groups is 1. The first kappa shape index (κ1) is 19.5. The lowest BCUT2D eigenvalue weighted by Crippen LogP contribution is -2.40. The molecule has 0 radical (unpaired) electrons. The number of pyridine rings is 1. The number of hydrogen-bond acceptors (Lipinski definition) is 3. The molecule has 1 aromatic heterocycles. The van der Waals surface area contributed by atoms with Gasteiger partial charge in [-0.1, -0.05) is 45.1 Å². The van der Waals surface area contributed by atoms with Crippen molar-refractivity contribution in [2.45, 2.75) is 77.8 Å². The van der Waals surface area contributed by atoms with Crippen LogP contribution in [0.4, 0.5) is 10.6 Å². The topological polar surface area (TPSA) is 57.3 Å². The molecular formula is C20H34N4O. The predicted molar refractivity (Wildman–Crippen MR) is 104 cm³/mol. The van der Waals surface area contributed by atoms with E-state index in [-0.39, 0.29) is 12.1 Å². The number of rotatable bonds is 8. The summed E-state index contributed by atoms with van der Waals surface area (Å²) >= 11 is 0. The summed E-state index contributed by atoms with van der Waals surface area (Å²) < 4.78 is 0. The fourth-order valence-electron chi connectivity index (χ4n) is 3.24. The van der Waals surface area contributed by atoms with Crippen LogP contribution in [0.1, 0.15) is 70.8 Å². The van der Waals surface area contributed by atoms with Crippen LogP contribution in [0.5, 0.6) is 0 Å². The molecule has 2 N–H and O–H groups in total. The highest BCUT2D eigenvalue weighted by molar-refractivity contribution is 5.74. The maximum atomic E-state index is 12.0. The molecule has 1 saturated heterocycles. The lowest BCUT2D eigenvalue weighted by atomic mass is 10.1. The van der Waals surface area contributed by atoms with Gasteiger partial charge in [0.05, 0.1) is 0 Å². The third-order valence-corrected chi connectivity index (χ3v) is 4.81. The molecule has 0 aliphatic carbocycles. The highest BCUT2D eigenvalue weighted by Gasteiger charge is 2.11. The molecule has 5 heteroatoms. The first-order valence-corrected chi connectivity index (χ1v) is 9.93. The molecule has 0 bridgehead atoms. The zero-order valence-electron chi connectivity index (χ0n) is 15.9. The monoisotopic (exact) mass is 346 g/mol. The van der Waals surface area contributed by atoms with Gasteiger partial charge in [0, 0.05) is 31.9 Å². The average molecular weight is 347 g/mol. The number of nitrogens with one attached hydrogen (secondary N) is 2. The van der Waals surface area contributed by atoms with E-state index in [4.69, 9.17) is 0 Å². The molecule has 1 atom stereocenters. The minimum Gasteiger partial charge on any atom is -0.357 e. The molecule has 2 rings (SSSR count). The maximum absolute atomic E-state index is 12.0. The molecule has 25 heavy (non-hydrogen) atoms. The molecule has 1 aromatic rings. The molecule has 1 aliphatic heterocycles. The van der Waals surface area contributed by atoms with Gasteiger partial charge >= 0.3 is 6.03 Å². The van der Waals surface area contributed by atoms with Crippen LogP contribution in [0.25, 0.3) is 0 Å². The molecule has 1 unspecified atom stereocenters. The van der Waals surface area contributed by atoms with Crippen molar-refractivity contribution in [1.82, 2.24) is 15.6 Å². The summed E-state index contributed by atoms with van der Waals surface area (Å²) in [4.78, 5) is 18.9. The zero-order chi connectivity index (χ0) is 17.9. The second-order valence-corrected chi connectivity index (χ2v) is 7.15. The summed E-state index contributed by atoms with van der Waals surface area (Å²) in [5.74, 6) is 1.06. The Morgan fingerprint density at radius 1 is 1.20 bits per heavy atom. The Bertz CT molecular complexity index is 495. The lowest BCUT2D eigenvalue weighted by molar-refractivity contribution is 0.236. The van der Waals surface area contributed by atoms with Crippen molar-refractivity contribution in [3.8, 4) is 0 Å². The van der Waals surface area contributed by atoms with Crippen molar-refractivity contribution < 1.29 is 4.79 Å². The molecule has 1 fully saturated rings. The van der Waals surface area contributed by atoms with E-state index in [1.165, 1.54) is 44.9 Å². The van der Waals surface area contributed by atoms with E-state index in [1.807, 2.05) is 6.20 Å². The van der Waals surface area contributed by atoms with Crippen molar-refractivity contribution in [1.29, 1.82) is 0 Å². The van der Waals surface area contributed by atoms with Gasteiger partial charge in [-0.25, -0.2) is 9.78 Å². The summed E-state index contributed by atoms with van der Waals surface area (Å²) in [7, 11) is 0. The van der Waals surface area contributed by atoms with E-state index in [9.17, 15) is 4.79 Å². The second-order valence-electron chi connectivity index (χ2n) is 7.15. The number of carbonyl (C=O) groups excluding carboxylic acids is 1. The summed E-state index contributed by atoms with van der Waals surface area (Å²) in [6.07, 6.45) is 11.7. The van der Waals surface area contributed by atoms with Gasteiger partial charge in [-0.3, -0.25) is 0 Å². The van der Waals surface area contributed by atoms with Gasteiger partial charge < -0.3 is 15.5 Å². The van der Waals surface area contributed by atoms with Crippen molar-refractivity contribution in [3.63, 3.8) is 0 Å². The number of carbonyl (C=O) groups is 1. The van der Waals surface area contributed by atoms with Crippen molar-refractivity contribution in [2.75, 3.05) is 18.0 Å². The zero-order valence-corrected chi connectivity index (χ0v) is 15.9. The van der Waals surface area contributed by atoms with Gasteiger partial charge in [-0.15, -0.1) is 0 Å². The van der Waals surface area contributed by atoms with Gasteiger partial charge in [0.15, 0.2) is 0 Å². The molecule has 1 aliphatic rings. The smallest absolute Gasteiger partial charge is 0.315 e. The Labute approximate surface area is 152 Å². The highest BCUT2D eigenvalue weighted by Crippen LogP contribution is 2.17. The van der Waals surface area contributed by atoms with Crippen LogP contribution in [0.15, 0.2) is 18.3 Å². The molecule has 0 spiro atoms. The van der Waals surface area contributed by atoms with Crippen LogP contribution >= 0.6 is 0 Å². The third kappa shape index (κ3) is 7.32. The van der Waals surface area contributed by atoms with Crippen molar-refractivity contribution >= 4 is 11.8 Å². The number of aromatic nitrogens is 1. The predicted octanol–water partition coefficient (Wildman–Crippen LogP) is 4.23. The summed E-state index contributed by atoms with van der Waals surface area (Å²) in [5, 5.41) is 5.93. The summed E-state index contributed by atoms with van der Waals surface area (Å²) in [5.41, 5.74) is 1.03. The van der Waals surface area contributed by atoms with Crippen molar-refractivity contribution in [2.24, 2.45) is 0 Å². The molecule has 140 valence electrons. The molecule has 2 heterocycles. The van der Waals surface area contributed by atoms with Crippen LogP contribution in [-0.4, -0.2) is 30.1 Å². The number of hydrogen-bond donors (Lipinski definition) is 2. The van der Waals surface area contributed by atoms with Crippen LogP contribution in [0.2, 0.25) is 0 Å². The standard InChI is InChI=1S/C20H34N4O/c1-3-4-7-10-17(2)23-20(25)22-16-18-11-12-19(21-15-18)24-13-8-5-6-9-14-24/h11-12,15,17H,3-10,13-14,16H2,1-2H3,(H2,22,23,25). The number of unbranched alkanes of at least 4 members (excludes halogenated alkanes) is 2. The Balaban J connectivity index is 1.72. The van der Waals surface area contributed by atoms with Crippen LogP contribution < -0.4 is 15.5 Å². The normalized spacial score (nSPS) is 16.2. The SMILES string of the molecule is CCCCCC(C)NC(=O)NCc1ccc(N2CCCCCC2)nc1. The van der Waals surface area contributed by atoms with E-state index in [0.29, 0.717) is 6.54 Å². The van der Waals surface area contributed by atoms with Crippen LogP contribution in [0.3, 0.4) is 0 Å². The first-order chi connectivity index (χ1) is 12.2. The minimum atomic E-state index is -0.0967. The Kier molecular flexibility index (Phi) is 8.56.